The van der Waals surface area contributed by atoms with Crippen molar-refractivity contribution in [3.8, 4) is 0 Å². The lowest BCUT2D eigenvalue weighted by Crippen LogP contribution is -2.44. The van der Waals surface area contributed by atoms with Gasteiger partial charge >= 0.3 is 0 Å². The second-order valence-corrected chi connectivity index (χ2v) is 5.12. The summed E-state index contributed by atoms with van der Waals surface area (Å²) in [6.45, 7) is 11.3. The van der Waals surface area contributed by atoms with E-state index in [1.807, 2.05) is 0 Å². The van der Waals surface area contributed by atoms with E-state index in [1.165, 1.54) is 42.9 Å². The van der Waals surface area contributed by atoms with Gasteiger partial charge in [-0.3, -0.25) is 0 Å². The first-order chi connectivity index (χ1) is 8.77. The molecule has 1 aromatic carbocycles. The van der Waals surface area contributed by atoms with Gasteiger partial charge in [0.15, 0.2) is 0 Å². The third kappa shape index (κ3) is 3.72. The van der Waals surface area contributed by atoms with Gasteiger partial charge in [0.1, 0.15) is 0 Å². The van der Waals surface area contributed by atoms with E-state index >= 15 is 0 Å². The van der Waals surface area contributed by atoms with Gasteiger partial charge in [-0.15, -0.1) is 0 Å². The van der Waals surface area contributed by atoms with Crippen LogP contribution in [-0.2, 0) is 0 Å². The van der Waals surface area contributed by atoms with Gasteiger partial charge in [-0.1, -0.05) is 12.1 Å². The molecule has 1 heterocycles. The van der Waals surface area contributed by atoms with Crippen molar-refractivity contribution in [2.75, 3.05) is 44.6 Å². The number of rotatable bonds is 5. The van der Waals surface area contributed by atoms with E-state index < -0.39 is 0 Å². The van der Waals surface area contributed by atoms with Crippen LogP contribution in [0, 0.1) is 13.8 Å². The lowest BCUT2D eigenvalue weighted by molar-refractivity contribution is 0.240. The molecule has 0 spiro atoms. The first-order valence-corrected chi connectivity index (χ1v) is 7.00. The van der Waals surface area contributed by atoms with Gasteiger partial charge in [0.05, 0.1) is 0 Å². The third-order valence-corrected chi connectivity index (χ3v) is 3.78. The van der Waals surface area contributed by atoms with E-state index in [1.54, 1.807) is 0 Å². The fourth-order valence-corrected chi connectivity index (χ4v) is 2.40. The average Bonchev–Trinajstić information content (AvgIpc) is 2.40. The molecule has 1 aliphatic heterocycles. The van der Waals surface area contributed by atoms with Gasteiger partial charge in [-0.05, 0) is 44.0 Å². The SMILES string of the molecule is Cc1cccc(NCCCN2CCNCC2)c1C. The minimum absolute atomic E-state index is 1.06. The van der Waals surface area contributed by atoms with E-state index in [2.05, 4.69) is 47.6 Å². The first-order valence-electron chi connectivity index (χ1n) is 7.00. The zero-order chi connectivity index (χ0) is 12.8. The Bertz CT molecular complexity index is 370. The highest BCUT2D eigenvalue weighted by atomic mass is 15.2. The maximum Gasteiger partial charge on any atom is 0.0372 e. The minimum Gasteiger partial charge on any atom is -0.385 e. The number of aryl methyl sites for hydroxylation is 1. The molecule has 18 heavy (non-hydrogen) atoms. The van der Waals surface area contributed by atoms with Crippen LogP contribution in [0.4, 0.5) is 5.69 Å². The maximum atomic E-state index is 3.55. The molecule has 0 unspecified atom stereocenters. The molecule has 1 aromatic rings. The van der Waals surface area contributed by atoms with Crippen LogP contribution < -0.4 is 10.6 Å². The fraction of sp³-hybridized carbons (Fsp3) is 0.600. The lowest BCUT2D eigenvalue weighted by atomic mass is 10.1. The summed E-state index contributed by atoms with van der Waals surface area (Å²) in [4.78, 5) is 2.54. The predicted molar refractivity (Wildman–Crippen MR) is 78.3 cm³/mol. The van der Waals surface area contributed by atoms with Crippen molar-refractivity contribution in [2.24, 2.45) is 0 Å². The number of nitrogens with zero attached hydrogens (tertiary/aromatic N) is 1. The fourth-order valence-electron chi connectivity index (χ4n) is 2.40. The molecule has 0 atom stereocenters. The Morgan fingerprint density at radius 1 is 1.22 bits per heavy atom. The highest BCUT2D eigenvalue weighted by Gasteiger charge is 2.08. The Hall–Kier alpha value is -1.06. The van der Waals surface area contributed by atoms with E-state index in [0.717, 1.165) is 19.6 Å². The van der Waals surface area contributed by atoms with E-state index in [9.17, 15) is 0 Å². The summed E-state index contributed by atoms with van der Waals surface area (Å²) in [7, 11) is 0. The molecule has 0 amide bonds. The summed E-state index contributed by atoms with van der Waals surface area (Å²) in [6.07, 6.45) is 1.22. The monoisotopic (exact) mass is 247 g/mol. The molecule has 3 heteroatoms. The maximum absolute atomic E-state index is 3.55. The van der Waals surface area contributed by atoms with Crippen LogP contribution >= 0.6 is 0 Å². The zero-order valence-electron chi connectivity index (χ0n) is 11.6. The van der Waals surface area contributed by atoms with Crippen LogP contribution in [0.15, 0.2) is 18.2 Å². The molecule has 0 aliphatic carbocycles. The largest absolute Gasteiger partial charge is 0.385 e. The molecule has 1 fully saturated rings. The van der Waals surface area contributed by atoms with Crippen LogP contribution in [0.3, 0.4) is 0 Å². The lowest BCUT2D eigenvalue weighted by Gasteiger charge is -2.27. The standard InChI is InChI=1S/C15H25N3/c1-13-5-3-6-15(14(13)2)17-7-4-10-18-11-8-16-9-12-18/h3,5-6,16-17H,4,7-12H2,1-2H3. The molecule has 0 saturated carbocycles. The second kappa shape index (κ2) is 6.76. The normalized spacial score (nSPS) is 16.8. The summed E-state index contributed by atoms with van der Waals surface area (Å²) < 4.78 is 0. The Kier molecular flexibility index (Phi) is 5.02. The topological polar surface area (TPSA) is 27.3 Å². The van der Waals surface area contributed by atoms with Gasteiger partial charge in [0.25, 0.3) is 0 Å². The average molecular weight is 247 g/mol. The molecule has 2 N–H and O–H groups in total. The molecular formula is C15H25N3. The van der Waals surface area contributed by atoms with Crippen LogP contribution in [0.2, 0.25) is 0 Å². The van der Waals surface area contributed by atoms with Crippen LogP contribution in [0.25, 0.3) is 0 Å². The minimum atomic E-state index is 1.06. The van der Waals surface area contributed by atoms with Gasteiger partial charge in [0, 0.05) is 38.4 Å². The Labute approximate surface area is 111 Å². The van der Waals surface area contributed by atoms with Crippen molar-refractivity contribution >= 4 is 5.69 Å². The number of hydrogen-bond acceptors (Lipinski definition) is 3. The number of nitrogens with one attached hydrogen (secondary N) is 2. The summed E-state index contributed by atoms with van der Waals surface area (Å²) in [5.41, 5.74) is 4.03. The van der Waals surface area contributed by atoms with E-state index in [4.69, 9.17) is 0 Å². The Morgan fingerprint density at radius 3 is 2.78 bits per heavy atom. The molecule has 3 nitrogen and oxygen atoms in total. The molecule has 0 radical (unpaired) electrons. The van der Waals surface area contributed by atoms with Crippen molar-refractivity contribution in [3.05, 3.63) is 29.3 Å². The van der Waals surface area contributed by atoms with Gasteiger partial charge in [-0.25, -0.2) is 0 Å². The van der Waals surface area contributed by atoms with E-state index in [0.29, 0.717) is 0 Å². The Balaban J connectivity index is 1.70. The summed E-state index contributed by atoms with van der Waals surface area (Å²) >= 11 is 0. The quantitative estimate of drug-likeness (QED) is 0.779. The number of hydrogen-bond donors (Lipinski definition) is 2. The first kappa shape index (κ1) is 13.4. The van der Waals surface area contributed by atoms with Crippen molar-refractivity contribution in [2.45, 2.75) is 20.3 Å². The van der Waals surface area contributed by atoms with Crippen LogP contribution in [0.1, 0.15) is 17.5 Å². The molecule has 1 aliphatic rings. The molecule has 1 saturated heterocycles. The summed E-state index contributed by atoms with van der Waals surface area (Å²) in [5, 5.41) is 6.94. The molecule has 0 aromatic heterocycles. The molecular weight excluding hydrogens is 222 g/mol. The third-order valence-electron chi connectivity index (χ3n) is 3.78. The van der Waals surface area contributed by atoms with E-state index in [-0.39, 0.29) is 0 Å². The van der Waals surface area contributed by atoms with Gasteiger partial charge in [0.2, 0.25) is 0 Å². The predicted octanol–water partition coefficient (Wildman–Crippen LogP) is 2.01. The van der Waals surface area contributed by atoms with Crippen LogP contribution in [0.5, 0.6) is 0 Å². The highest BCUT2D eigenvalue weighted by Crippen LogP contribution is 2.17. The smallest absolute Gasteiger partial charge is 0.0372 e. The van der Waals surface area contributed by atoms with Crippen LogP contribution in [-0.4, -0.2) is 44.2 Å². The molecule has 100 valence electrons. The molecule has 2 rings (SSSR count). The second-order valence-electron chi connectivity index (χ2n) is 5.12. The van der Waals surface area contributed by atoms with Gasteiger partial charge in [-0.2, -0.15) is 0 Å². The number of anilines is 1. The summed E-state index contributed by atoms with van der Waals surface area (Å²) in [5.74, 6) is 0. The molecule has 0 bridgehead atoms. The number of piperazine rings is 1. The van der Waals surface area contributed by atoms with Crippen molar-refractivity contribution in [3.63, 3.8) is 0 Å². The zero-order valence-corrected chi connectivity index (χ0v) is 11.6. The van der Waals surface area contributed by atoms with Crippen molar-refractivity contribution in [1.82, 2.24) is 10.2 Å². The van der Waals surface area contributed by atoms with Gasteiger partial charge < -0.3 is 15.5 Å². The summed E-state index contributed by atoms with van der Waals surface area (Å²) in [6, 6.07) is 6.47. The highest BCUT2D eigenvalue weighted by molar-refractivity contribution is 5.53. The Morgan fingerprint density at radius 2 is 2.00 bits per heavy atom. The van der Waals surface area contributed by atoms with Crippen molar-refractivity contribution in [1.29, 1.82) is 0 Å². The van der Waals surface area contributed by atoms with Crippen molar-refractivity contribution < 1.29 is 0 Å². The number of benzene rings is 1.